The summed E-state index contributed by atoms with van der Waals surface area (Å²) in [5, 5.41) is 5.65. The van der Waals surface area contributed by atoms with Gasteiger partial charge in [-0.25, -0.2) is 14.6 Å². The van der Waals surface area contributed by atoms with Gasteiger partial charge in [0.1, 0.15) is 0 Å². The Bertz CT molecular complexity index is 1720. The lowest BCUT2D eigenvalue weighted by Gasteiger charge is -2.09. The summed E-state index contributed by atoms with van der Waals surface area (Å²) < 4.78 is 1.89. The van der Waals surface area contributed by atoms with E-state index in [4.69, 9.17) is 15.1 Å². The first-order valence-corrected chi connectivity index (χ1v) is 16.8. The molecule has 2 aromatic heterocycles. The molecule has 0 unspecified atom stereocenters. The number of hydrogen-bond donors (Lipinski definition) is 0. The zero-order valence-corrected chi connectivity index (χ0v) is 28.4. The number of fused-ring (bicyclic) bond motifs is 1. The zero-order valence-electron chi connectivity index (χ0n) is 28.4. The van der Waals surface area contributed by atoms with E-state index in [1.165, 1.54) is 25.7 Å². The standard InChI is InChI=1S/C39H48N8/c1-45(2)26-12-6-10-24-40-28-31-16-20-33(21-17-31)37-36-30-42-47(35-14-8-5-9-15-35)39(36)44-38(43-37)34-22-18-32(19-23-34)29-41-25-11-7-13-27-46(3)4/h5,8-9,14-23,28-30H,6-7,10-13,24-27H2,1-4H3. The van der Waals surface area contributed by atoms with Gasteiger partial charge in [-0.05, 0) is 90.2 Å². The SMILES string of the molecule is CN(C)CCCCCN=Cc1ccc(-c2nc(-c3ccc(C=NCCCCCN(C)C)cc3)c3cnn(-c4ccccc4)c3n2)cc1. The van der Waals surface area contributed by atoms with E-state index >= 15 is 0 Å². The van der Waals surface area contributed by atoms with Gasteiger partial charge in [0.25, 0.3) is 0 Å². The van der Waals surface area contributed by atoms with Crippen molar-refractivity contribution in [2.75, 3.05) is 54.4 Å². The van der Waals surface area contributed by atoms with Gasteiger partial charge in [-0.1, -0.05) is 79.6 Å². The molecule has 244 valence electrons. The molecule has 0 spiro atoms. The fourth-order valence-corrected chi connectivity index (χ4v) is 5.42. The Morgan fingerprint density at radius 3 is 1.72 bits per heavy atom. The van der Waals surface area contributed by atoms with E-state index in [-0.39, 0.29) is 0 Å². The lowest BCUT2D eigenvalue weighted by molar-refractivity contribution is 0.392. The van der Waals surface area contributed by atoms with Crippen molar-refractivity contribution in [3.8, 4) is 28.3 Å². The van der Waals surface area contributed by atoms with Crippen molar-refractivity contribution in [3.63, 3.8) is 0 Å². The van der Waals surface area contributed by atoms with Gasteiger partial charge in [-0.15, -0.1) is 0 Å². The van der Waals surface area contributed by atoms with Gasteiger partial charge in [0, 0.05) is 36.6 Å². The fraction of sp³-hybridized carbons (Fsp3) is 0.359. The first-order valence-electron chi connectivity index (χ1n) is 16.8. The van der Waals surface area contributed by atoms with Gasteiger partial charge in [-0.3, -0.25) is 9.98 Å². The van der Waals surface area contributed by atoms with Gasteiger partial charge < -0.3 is 9.80 Å². The zero-order chi connectivity index (χ0) is 32.8. The highest BCUT2D eigenvalue weighted by atomic mass is 15.3. The minimum atomic E-state index is 0.662. The van der Waals surface area contributed by atoms with Crippen molar-refractivity contribution in [2.24, 2.45) is 9.98 Å². The van der Waals surface area contributed by atoms with Gasteiger partial charge in [0.05, 0.1) is 23.0 Å². The number of rotatable bonds is 17. The smallest absolute Gasteiger partial charge is 0.167 e. The largest absolute Gasteiger partial charge is 0.309 e. The molecule has 0 aliphatic heterocycles. The second-order valence-corrected chi connectivity index (χ2v) is 12.6. The average molecular weight is 629 g/mol. The molecule has 0 atom stereocenters. The van der Waals surface area contributed by atoms with E-state index in [2.05, 4.69) is 96.5 Å². The highest BCUT2D eigenvalue weighted by Crippen LogP contribution is 2.30. The molecule has 0 aliphatic carbocycles. The molecule has 5 aromatic rings. The summed E-state index contributed by atoms with van der Waals surface area (Å²) >= 11 is 0. The molecule has 0 N–H and O–H groups in total. The van der Waals surface area contributed by atoms with E-state index < -0.39 is 0 Å². The molecule has 5 rings (SSSR count). The topological polar surface area (TPSA) is 74.8 Å². The molecule has 0 amide bonds. The minimum absolute atomic E-state index is 0.662. The van der Waals surface area contributed by atoms with E-state index in [1.54, 1.807) is 0 Å². The molecular formula is C39H48N8. The predicted molar refractivity (Wildman–Crippen MR) is 197 cm³/mol. The maximum absolute atomic E-state index is 5.10. The van der Waals surface area contributed by atoms with Crippen LogP contribution < -0.4 is 0 Å². The summed E-state index contributed by atoms with van der Waals surface area (Å²) in [4.78, 5) is 23.9. The maximum Gasteiger partial charge on any atom is 0.167 e. The van der Waals surface area contributed by atoms with Crippen LogP contribution in [-0.4, -0.2) is 96.3 Å². The number of hydrogen-bond acceptors (Lipinski definition) is 7. The second kappa shape index (κ2) is 17.4. The van der Waals surface area contributed by atoms with Crippen LogP contribution in [0.25, 0.3) is 39.4 Å². The Kier molecular flexibility index (Phi) is 12.5. The number of aromatic nitrogens is 4. The highest BCUT2D eigenvalue weighted by molar-refractivity contribution is 5.93. The Balaban J connectivity index is 1.35. The van der Waals surface area contributed by atoms with Gasteiger partial charge >= 0.3 is 0 Å². The quantitative estimate of drug-likeness (QED) is 0.0790. The Morgan fingerprint density at radius 2 is 1.17 bits per heavy atom. The van der Waals surface area contributed by atoms with Gasteiger partial charge in [0.15, 0.2) is 11.5 Å². The Labute approximate surface area is 279 Å². The molecule has 8 nitrogen and oxygen atoms in total. The third-order valence-electron chi connectivity index (χ3n) is 8.05. The summed E-state index contributed by atoms with van der Waals surface area (Å²) in [6, 6.07) is 26.9. The monoisotopic (exact) mass is 628 g/mol. The van der Waals surface area contributed by atoms with Crippen molar-refractivity contribution in [3.05, 3.63) is 96.2 Å². The molecule has 3 aromatic carbocycles. The highest BCUT2D eigenvalue weighted by Gasteiger charge is 2.16. The van der Waals surface area contributed by atoms with Crippen molar-refractivity contribution in [2.45, 2.75) is 38.5 Å². The lowest BCUT2D eigenvalue weighted by Crippen LogP contribution is -2.12. The number of para-hydroxylation sites is 1. The first-order chi connectivity index (χ1) is 23.0. The van der Waals surface area contributed by atoms with Crippen molar-refractivity contribution in [1.29, 1.82) is 0 Å². The minimum Gasteiger partial charge on any atom is -0.309 e. The molecule has 0 radical (unpaired) electrons. The van der Waals surface area contributed by atoms with Crippen LogP contribution in [0.2, 0.25) is 0 Å². The van der Waals surface area contributed by atoms with Crippen molar-refractivity contribution < 1.29 is 0 Å². The maximum atomic E-state index is 5.10. The van der Waals surface area contributed by atoms with Crippen molar-refractivity contribution in [1.82, 2.24) is 29.5 Å². The van der Waals surface area contributed by atoms with Crippen LogP contribution in [0.15, 0.2) is 95.0 Å². The van der Waals surface area contributed by atoms with E-state index in [1.807, 2.05) is 53.6 Å². The van der Waals surface area contributed by atoms with Crippen LogP contribution >= 0.6 is 0 Å². The summed E-state index contributed by atoms with van der Waals surface area (Å²) in [5.74, 6) is 0.662. The molecule has 0 bridgehead atoms. The van der Waals surface area contributed by atoms with Crippen LogP contribution in [0.1, 0.15) is 49.7 Å². The van der Waals surface area contributed by atoms with Crippen LogP contribution in [0, 0.1) is 0 Å². The number of aliphatic imine (C=N–C) groups is 2. The lowest BCUT2D eigenvalue weighted by atomic mass is 10.1. The summed E-state index contributed by atoms with van der Waals surface area (Å²) in [5.41, 5.74) is 6.71. The molecule has 8 heteroatoms. The molecule has 0 saturated carbocycles. The molecule has 47 heavy (non-hydrogen) atoms. The Morgan fingerprint density at radius 1 is 0.617 bits per heavy atom. The number of nitrogens with zero attached hydrogens (tertiary/aromatic N) is 8. The average Bonchev–Trinajstić information content (AvgIpc) is 3.52. The van der Waals surface area contributed by atoms with Crippen LogP contribution in [0.5, 0.6) is 0 Å². The molecular weight excluding hydrogens is 580 g/mol. The first kappa shape index (κ1) is 33.8. The van der Waals surface area contributed by atoms with E-state index in [9.17, 15) is 0 Å². The molecule has 0 saturated heterocycles. The van der Waals surface area contributed by atoms with Crippen LogP contribution in [-0.2, 0) is 0 Å². The summed E-state index contributed by atoms with van der Waals surface area (Å²) in [7, 11) is 8.48. The normalized spacial score (nSPS) is 12.0. The number of unbranched alkanes of at least 4 members (excludes halogenated alkanes) is 4. The molecule has 0 fully saturated rings. The fourth-order valence-electron chi connectivity index (χ4n) is 5.42. The van der Waals surface area contributed by atoms with E-state index in [0.29, 0.717) is 5.82 Å². The molecule has 0 aliphatic rings. The van der Waals surface area contributed by atoms with Crippen LogP contribution in [0.3, 0.4) is 0 Å². The summed E-state index contributed by atoms with van der Waals surface area (Å²) in [6.45, 7) is 3.96. The third kappa shape index (κ3) is 9.98. The second-order valence-electron chi connectivity index (χ2n) is 12.6. The Hall–Kier alpha value is -4.53. The predicted octanol–water partition coefficient (Wildman–Crippen LogP) is 7.45. The summed E-state index contributed by atoms with van der Waals surface area (Å²) in [6.07, 6.45) is 12.8. The van der Waals surface area contributed by atoms with Crippen LogP contribution in [0.4, 0.5) is 0 Å². The molecule has 2 heterocycles. The number of benzene rings is 3. The van der Waals surface area contributed by atoms with E-state index in [0.717, 1.165) is 83.7 Å². The third-order valence-corrected chi connectivity index (χ3v) is 8.05. The van der Waals surface area contributed by atoms with Gasteiger partial charge in [-0.2, -0.15) is 5.10 Å². The van der Waals surface area contributed by atoms with Gasteiger partial charge in [0.2, 0.25) is 0 Å². The van der Waals surface area contributed by atoms with Crippen molar-refractivity contribution >= 4 is 23.5 Å².